The predicted molar refractivity (Wildman–Crippen MR) is 124 cm³/mol. The van der Waals surface area contributed by atoms with Crippen molar-refractivity contribution >= 4 is 22.9 Å². The molecule has 2 unspecified atom stereocenters. The summed E-state index contributed by atoms with van der Waals surface area (Å²) in [7, 11) is 0. The van der Waals surface area contributed by atoms with Crippen LogP contribution in [0.2, 0.25) is 0 Å². The molecule has 2 aliphatic carbocycles. The number of Topliss-reactive ketones (excluding diaryl/α,β-unsaturated/α-hetero) is 2. The largest absolute Gasteiger partial charge is 0.313 e. The average Bonchev–Trinajstić information content (AvgIpc) is 2.80. The minimum atomic E-state index is -0.546. The molecule has 3 heteroatoms. The number of anilines is 2. The van der Waals surface area contributed by atoms with Gasteiger partial charge in [-0.05, 0) is 44.2 Å². The Balaban J connectivity index is 1.68. The molecule has 0 amide bonds. The molecule has 0 heterocycles. The first-order valence-electron chi connectivity index (χ1n) is 10.5. The van der Waals surface area contributed by atoms with Crippen LogP contribution in [-0.4, -0.2) is 11.6 Å². The van der Waals surface area contributed by atoms with Crippen molar-refractivity contribution in [2.75, 3.05) is 4.90 Å². The second kappa shape index (κ2) is 7.51. The topological polar surface area (TPSA) is 37.4 Å². The Morgan fingerprint density at radius 3 is 1.74 bits per heavy atom. The lowest BCUT2D eigenvalue weighted by Gasteiger charge is -2.38. The number of aryl methyl sites for hydroxylation is 2. The molecular weight excluding hydrogens is 382 g/mol. The summed E-state index contributed by atoms with van der Waals surface area (Å²) in [6.45, 7) is 4.11. The Bertz CT molecular complexity index is 1190. The maximum absolute atomic E-state index is 13.6. The molecule has 3 aromatic carbocycles. The van der Waals surface area contributed by atoms with Gasteiger partial charge in [-0.3, -0.25) is 9.59 Å². The summed E-state index contributed by atoms with van der Waals surface area (Å²) in [5.74, 6) is -1.02. The lowest BCUT2D eigenvalue weighted by molar-refractivity contribution is 0.0792. The number of ketones is 2. The summed E-state index contributed by atoms with van der Waals surface area (Å²) in [5, 5.41) is 0. The van der Waals surface area contributed by atoms with Crippen LogP contribution < -0.4 is 4.90 Å². The second-order valence-corrected chi connectivity index (χ2v) is 8.26. The van der Waals surface area contributed by atoms with Gasteiger partial charge in [0, 0.05) is 28.2 Å². The van der Waals surface area contributed by atoms with Crippen molar-refractivity contribution in [1.29, 1.82) is 0 Å². The molecule has 152 valence electrons. The van der Waals surface area contributed by atoms with Crippen LogP contribution in [0.25, 0.3) is 0 Å². The fraction of sp³-hybridized carbons (Fsp3) is 0.143. The molecule has 0 bridgehead atoms. The molecule has 0 saturated carbocycles. The monoisotopic (exact) mass is 405 g/mol. The quantitative estimate of drug-likeness (QED) is 0.520. The van der Waals surface area contributed by atoms with E-state index in [1.165, 1.54) is 11.1 Å². The lowest BCUT2D eigenvalue weighted by atomic mass is 9.70. The van der Waals surface area contributed by atoms with E-state index in [1.54, 1.807) is 12.1 Å². The normalized spacial score (nSPS) is 19.5. The number of hydrogen-bond donors (Lipinski definition) is 0. The van der Waals surface area contributed by atoms with Crippen molar-refractivity contribution < 1.29 is 9.59 Å². The number of allylic oxidation sites excluding steroid dienone is 4. The smallest absolute Gasteiger partial charge is 0.173 e. The molecular formula is C28H23NO2. The number of carbonyl (C=O) groups excluding carboxylic acids is 2. The Kier molecular flexibility index (Phi) is 4.67. The average molecular weight is 405 g/mol. The van der Waals surface area contributed by atoms with Crippen molar-refractivity contribution in [2.24, 2.45) is 11.8 Å². The highest BCUT2D eigenvalue weighted by Crippen LogP contribution is 2.43. The van der Waals surface area contributed by atoms with E-state index >= 15 is 0 Å². The number of carbonyl (C=O) groups is 2. The standard InChI is InChI=1S/C28H23NO2/c1-18-10-14-20(15-11-18)29(21-16-12-19(2)13-17-21)25-9-5-8-24-26(25)28(31)23-7-4-3-6-22(23)27(24)30/h3-17,24,26H,1-2H3. The Morgan fingerprint density at radius 1 is 0.677 bits per heavy atom. The van der Waals surface area contributed by atoms with Gasteiger partial charge in [-0.25, -0.2) is 0 Å². The first-order chi connectivity index (χ1) is 15.0. The van der Waals surface area contributed by atoms with Crippen LogP contribution in [0.5, 0.6) is 0 Å². The highest BCUT2D eigenvalue weighted by molar-refractivity contribution is 6.18. The minimum Gasteiger partial charge on any atom is -0.313 e. The van der Waals surface area contributed by atoms with Gasteiger partial charge >= 0.3 is 0 Å². The maximum atomic E-state index is 13.6. The highest BCUT2D eigenvalue weighted by atomic mass is 16.1. The van der Waals surface area contributed by atoms with Gasteiger partial charge < -0.3 is 4.90 Å². The fourth-order valence-electron chi connectivity index (χ4n) is 4.52. The van der Waals surface area contributed by atoms with Gasteiger partial charge in [0.1, 0.15) is 0 Å². The number of benzene rings is 3. The molecule has 2 atom stereocenters. The highest BCUT2D eigenvalue weighted by Gasteiger charge is 2.44. The molecule has 0 aromatic heterocycles. The van der Waals surface area contributed by atoms with Crippen molar-refractivity contribution in [1.82, 2.24) is 0 Å². The van der Waals surface area contributed by atoms with Gasteiger partial charge in [0.15, 0.2) is 11.6 Å². The van der Waals surface area contributed by atoms with E-state index in [0.29, 0.717) is 11.1 Å². The van der Waals surface area contributed by atoms with Gasteiger partial charge in [0.05, 0.1) is 11.8 Å². The number of hydrogen-bond acceptors (Lipinski definition) is 3. The predicted octanol–water partition coefficient (Wildman–Crippen LogP) is 6.21. The van der Waals surface area contributed by atoms with E-state index in [4.69, 9.17) is 0 Å². The Hall–Kier alpha value is -3.72. The lowest BCUT2D eigenvalue weighted by Crippen LogP contribution is -2.41. The molecule has 0 aliphatic heterocycles. The summed E-state index contributed by atoms with van der Waals surface area (Å²) in [6.07, 6.45) is 5.75. The molecule has 0 fully saturated rings. The van der Waals surface area contributed by atoms with Crippen LogP contribution in [0.3, 0.4) is 0 Å². The number of rotatable bonds is 3. The third-order valence-electron chi connectivity index (χ3n) is 6.15. The summed E-state index contributed by atoms with van der Waals surface area (Å²) >= 11 is 0. The fourth-order valence-corrected chi connectivity index (χ4v) is 4.52. The van der Waals surface area contributed by atoms with Gasteiger partial charge in [-0.2, -0.15) is 0 Å². The van der Waals surface area contributed by atoms with Crippen LogP contribution in [0, 0.1) is 25.7 Å². The van der Waals surface area contributed by atoms with Crippen LogP contribution in [0.15, 0.2) is 96.7 Å². The van der Waals surface area contributed by atoms with Crippen LogP contribution in [0.4, 0.5) is 11.4 Å². The van der Waals surface area contributed by atoms with Gasteiger partial charge in [0.25, 0.3) is 0 Å². The summed E-state index contributed by atoms with van der Waals surface area (Å²) in [6, 6.07) is 23.7. The van der Waals surface area contributed by atoms with Gasteiger partial charge in [-0.1, -0.05) is 71.8 Å². The van der Waals surface area contributed by atoms with Gasteiger partial charge in [-0.15, -0.1) is 0 Å². The van der Waals surface area contributed by atoms with Crippen molar-refractivity contribution in [3.05, 3.63) is 119 Å². The Morgan fingerprint density at radius 2 is 1.19 bits per heavy atom. The van der Waals surface area contributed by atoms with E-state index in [9.17, 15) is 9.59 Å². The van der Waals surface area contributed by atoms with Crippen LogP contribution in [0.1, 0.15) is 31.8 Å². The summed E-state index contributed by atoms with van der Waals surface area (Å²) < 4.78 is 0. The van der Waals surface area contributed by atoms with E-state index < -0.39 is 11.8 Å². The molecule has 3 aromatic rings. The molecule has 0 radical (unpaired) electrons. The van der Waals surface area contributed by atoms with E-state index in [1.807, 2.05) is 30.4 Å². The van der Waals surface area contributed by atoms with Crippen LogP contribution in [-0.2, 0) is 0 Å². The molecule has 31 heavy (non-hydrogen) atoms. The molecule has 0 saturated heterocycles. The second-order valence-electron chi connectivity index (χ2n) is 8.26. The molecule has 0 spiro atoms. The van der Waals surface area contributed by atoms with Crippen molar-refractivity contribution in [3.8, 4) is 0 Å². The van der Waals surface area contributed by atoms with Gasteiger partial charge in [0.2, 0.25) is 0 Å². The summed E-state index contributed by atoms with van der Waals surface area (Å²) in [4.78, 5) is 29.0. The van der Waals surface area contributed by atoms with E-state index in [2.05, 4.69) is 67.3 Å². The number of fused-ring (bicyclic) bond motifs is 2. The summed E-state index contributed by atoms with van der Waals surface area (Å²) in [5.41, 5.74) is 6.14. The van der Waals surface area contributed by atoms with Crippen molar-refractivity contribution in [3.63, 3.8) is 0 Å². The number of nitrogens with zero attached hydrogens (tertiary/aromatic N) is 1. The van der Waals surface area contributed by atoms with E-state index in [0.717, 1.165) is 17.1 Å². The zero-order valence-corrected chi connectivity index (χ0v) is 17.6. The minimum absolute atomic E-state index is 0.0000216. The first kappa shape index (κ1) is 19.3. The molecule has 3 nitrogen and oxygen atoms in total. The SMILES string of the molecule is Cc1ccc(N(C2=CC=CC3C(=O)c4ccccc4C(=O)C23)c2ccc(C)cc2)cc1. The first-order valence-corrected chi connectivity index (χ1v) is 10.5. The maximum Gasteiger partial charge on any atom is 0.173 e. The van der Waals surface area contributed by atoms with Crippen molar-refractivity contribution in [2.45, 2.75) is 13.8 Å². The molecule has 0 N–H and O–H groups in total. The zero-order chi connectivity index (χ0) is 21.5. The molecule has 5 rings (SSSR count). The molecule has 2 aliphatic rings. The third kappa shape index (κ3) is 3.23. The third-order valence-corrected chi connectivity index (χ3v) is 6.15. The van der Waals surface area contributed by atoms with Crippen LogP contribution >= 0.6 is 0 Å². The van der Waals surface area contributed by atoms with E-state index in [-0.39, 0.29) is 11.6 Å². The Labute approximate surface area is 182 Å². The zero-order valence-electron chi connectivity index (χ0n) is 17.6.